The van der Waals surface area contributed by atoms with E-state index in [4.69, 9.17) is 10.6 Å². The standard InChI is InChI=1S/C17H26N2O/c1-2-16-15(9-10-20-16)17(19-18)14-8-4-7-13(11-14)12-5-3-6-12/h4,7-8,11-12,15-17,19H,2-3,5-6,9-10,18H2,1H3. The summed E-state index contributed by atoms with van der Waals surface area (Å²) in [6.07, 6.45) is 6.56. The van der Waals surface area contributed by atoms with E-state index >= 15 is 0 Å². The zero-order chi connectivity index (χ0) is 13.9. The van der Waals surface area contributed by atoms with Crippen LogP contribution in [0.2, 0.25) is 0 Å². The maximum absolute atomic E-state index is 5.87. The highest BCUT2D eigenvalue weighted by Gasteiger charge is 2.34. The van der Waals surface area contributed by atoms with Crippen LogP contribution in [0.4, 0.5) is 0 Å². The summed E-state index contributed by atoms with van der Waals surface area (Å²) in [5.74, 6) is 7.13. The number of ether oxygens (including phenoxy) is 1. The lowest BCUT2D eigenvalue weighted by Gasteiger charge is -2.29. The van der Waals surface area contributed by atoms with Gasteiger partial charge in [-0.15, -0.1) is 0 Å². The summed E-state index contributed by atoms with van der Waals surface area (Å²) in [7, 11) is 0. The van der Waals surface area contributed by atoms with E-state index in [-0.39, 0.29) is 6.04 Å². The van der Waals surface area contributed by atoms with Gasteiger partial charge in [-0.05, 0) is 42.7 Å². The highest BCUT2D eigenvalue weighted by Crippen LogP contribution is 2.39. The minimum Gasteiger partial charge on any atom is -0.378 e. The molecule has 3 nitrogen and oxygen atoms in total. The molecule has 0 aromatic heterocycles. The molecule has 3 unspecified atom stereocenters. The molecule has 3 atom stereocenters. The molecule has 0 bridgehead atoms. The van der Waals surface area contributed by atoms with Crippen molar-refractivity contribution in [1.82, 2.24) is 5.43 Å². The van der Waals surface area contributed by atoms with Gasteiger partial charge in [0.2, 0.25) is 0 Å². The van der Waals surface area contributed by atoms with Gasteiger partial charge in [0.1, 0.15) is 0 Å². The van der Waals surface area contributed by atoms with Crippen molar-refractivity contribution in [3.63, 3.8) is 0 Å². The Morgan fingerprint density at radius 3 is 2.85 bits per heavy atom. The molecule has 0 amide bonds. The largest absolute Gasteiger partial charge is 0.378 e. The van der Waals surface area contributed by atoms with Crippen molar-refractivity contribution in [2.75, 3.05) is 6.61 Å². The number of hydrogen-bond donors (Lipinski definition) is 2. The summed E-state index contributed by atoms with van der Waals surface area (Å²) in [6, 6.07) is 9.23. The van der Waals surface area contributed by atoms with Crippen LogP contribution < -0.4 is 11.3 Å². The van der Waals surface area contributed by atoms with Gasteiger partial charge in [-0.25, -0.2) is 0 Å². The first-order valence-electron chi connectivity index (χ1n) is 8.01. The van der Waals surface area contributed by atoms with Crippen LogP contribution in [0.3, 0.4) is 0 Å². The van der Waals surface area contributed by atoms with E-state index in [0.29, 0.717) is 12.0 Å². The molecule has 2 aliphatic rings. The summed E-state index contributed by atoms with van der Waals surface area (Å²) < 4.78 is 5.83. The molecule has 110 valence electrons. The van der Waals surface area contributed by atoms with Crippen molar-refractivity contribution in [2.24, 2.45) is 11.8 Å². The van der Waals surface area contributed by atoms with Gasteiger partial charge >= 0.3 is 0 Å². The third kappa shape index (κ3) is 2.62. The van der Waals surface area contributed by atoms with Crippen molar-refractivity contribution >= 4 is 0 Å². The second-order valence-electron chi connectivity index (χ2n) is 6.21. The predicted octanol–water partition coefficient (Wildman–Crippen LogP) is 3.27. The van der Waals surface area contributed by atoms with Crippen molar-refractivity contribution in [3.8, 4) is 0 Å². The Balaban J connectivity index is 1.81. The molecule has 1 aliphatic carbocycles. The van der Waals surface area contributed by atoms with E-state index in [9.17, 15) is 0 Å². The molecule has 3 heteroatoms. The van der Waals surface area contributed by atoms with Crippen LogP contribution in [0.15, 0.2) is 24.3 Å². The summed E-state index contributed by atoms with van der Waals surface area (Å²) in [5, 5.41) is 0. The van der Waals surface area contributed by atoms with Crippen LogP contribution in [0, 0.1) is 5.92 Å². The Kier molecular flexibility index (Phi) is 4.39. The Morgan fingerprint density at radius 2 is 2.20 bits per heavy atom. The van der Waals surface area contributed by atoms with Crippen LogP contribution in [0.1, 0.15) is 62.1 Å². The fourth-order valence-corrected chi connectivity index (χ4v) is 3.68. The van der Waals surface area contributed by atoms with Crippen molar-refractivity contribution in [2.45, 2.75) is 57.1 Å². The molecule has 0 radical (unpaired) electrons. The molecule has 2 fully saturated rings. The number of nitrogens with two attached hydrogens (primary N) is 1. The highest BCUT2D eigenvalue weighted by molar-refractivity contribution is 5.30. The van der Waals surface area contributed by atoms with Crippen molar-refractivity contribution in [1.29, 1.82) is 0 Å². The van der Waals surface area contributed by atoms with Gasteiger partial charge in [-0.3, -0.25) is 11.3 Å². The SMILES string of the molecule is CCC1OCCC1C(NN)c1cccc(C2CCC2)c1. The smallest absolute Gasteiger partial charge is 0.0620 e. The second kappa shape index (κ2) is 6.25. The van der Waals surface area contributed by atoms with Crippen LogP contribution in [-0.4, -0.2) is 12.7 Å². The molecule has 20 heavy (non-hydrogen) atoms. The van der Waals surface area contributed by atoms with E-state index in [1.807, 2.05) is 0 Å². The Labute approximate surface area is 121 Å². The summed E-state index contributed by atoms with van der Waals surface area (Å²) in [5.41, 5.74) is 5.86. The average molecular weight is 274 g/mol. The zero-order valence-corrected chi connectivity index (χ0v) is 12.3. The van der Waals surface area contributed by atoms with Crippen LogP contribution >= 0.6 is 0 Å². The van der Waals surface area contributed by atoms with Gasteiger partial charge in [0.15, 0.2) is 0 Å². The number of rotatable bonds is 5. The number of nitrogens with one attached hydrogen (secondary N) is 1. The van der Waals surface area contributed by atoms with Crippen molar-refractivity contribution in [3.05, 3.63) is 35.4 Å². The molecule has 1 aliphatic heterocycles. The first-order valence-corrected chi connectivity index (χ1v) is 8.01. The van der Waals surface area contributed by atoms with Crippen LogP contribution in [0.5, 0.6) is 0 Å². The molecule has 1 aromatic carbocycles. The minimum absolute atomic E-state index is 0.211. The maximum Gasteiger partial charge on any atom is 0.0620 e. The predicted molar refractivity (Wildman–Crippen MR) is 81.2 cm³/mol. The molecule has 3 rings (SSSR count). The number of hydrogen-bond acceptors (Lipinski definition) is 3. The van der Waals surface area contributed by atoms with E-state index in [1.54, 1.807) is 0 Å². The first-order chi connectivity index (χ1) is 9.83. The molecule has 1 aromatic rings. The number of hydrazine groups is 1. The van der Waals surface area contributed by atoms with Gasteiger partial charge < -0.3 is 4.74 Å². The summed E-state index contributed by atoms with van der Waals surface area (Å²) in [4.78, 5) is 0. The number of benzene rings is 1. The molecular formula is C17H26N2O. The lowest BCUT2D eigenvalue weighted by atomic mass is 9.78. The molecule has 1 heterocycles. The molecule has 1 saturated carbocycles. The average Bonchev–Trinajstić information content (AvgIpc) is 2.86. The van der Waals surface area contributed by atoms with Gasteiger partial charge in [0.25, 0.3) is 0 Å². The Hall–Kier alpha value is -0.900. The van der Waals surface area contributed by atoms with E-state index in [0.717, 1.165) is 25.4 Å². The Bertz CT molecular complexity index is 444. The summed E-state index contributed by atoms with van der Waals surface area (Å²) in [6.45, 7) is 3.06. The van der Waals surface area contributed by atoms with Crippen LogP contribution in [-0.2, 0) is 4.74 Å². The van der Waals surface area contributed by atoms with E-state index < -0.39 is 0 Å². The lowest BCUT2D eigenvalue weighted by molar-refractivity contribution is 0.0774. The third-order valence-corrected chi connectivity index (χ3v) is 5.12. The third-order valence-electron chi connectivity index (χ3n) is 5.12. The zero-order valence-electron chi connectivity index (χ0n) is 12.3. The highest BCUT2D eigenvalue weighted by atomic mass is 16.5. The molecule has 1 saturated heterocycles. The first kappa shape index (κ1) is 14.1. The lowest BCUT2D eigenvalue weighted by Crippen LogP contribution is -2.37. The fraction of sp³-hybridized carbons (Fsp3) is 0.647. The molecular weight excluding hydrogens is 248 g/mol. The fourth-order valence-electron chi connectivity index (χ4n) is 3.68. The quantitative estimate of drug-likeness (QED) is 0.640. The van der Waals surface area contributed by atoms with E-state index in [1.165, 1.54) is 30.4 Å². The Morgan fingerprint density at radius 1 is 1.35 bits per heavy atom. The minimum atomic E-state index is 0.211. The van der Waals surface area contributed by atoms with E-state index in [2.05, 4.69) is 36.6 Å². The van der Waals surface area contributed by atoms with Gasteiger partial charge in [-0.1, -0.05) is 37.6 Å². The maximum atomic E-state index is 5.87. The van der Waals surface area contributed by atoms with Crippen LogP contribution in [0.25, 0.3) is 0 Å². The monoisotopic (exact) mass is 274 g/mol. The van der Waals surface area contributed by atoms with Gasteiger partial charge in [0.05, 0.1) is 12.1 Å². The normalized spacial score (nSPS) is 28.3. The molecule has 3 N–H and O–H groups in total. The van der Waals surface area contributed by atoms with Gasteiger partial charge in [0, 0.05) is 12.5 Å². The van der Waals surface area contributed by atoms with Crippen molar-refractivity contribution < 1.29 is 4.74 Å². The van der Waals surface area contributed by atoms with Gasteiger partial charge in [-0.2, -0.15) is 0 Å². The summed E-state index contributed by atoms with van der Waals surface area (Å²) >= 11 is 0. The topological polar surface area (TPSA) is 47.3 Å². The molecule has 0 spiro atoms. The second-order valence-corrected chi connectivity index (χ2v) is 6.21.